The molecule has 6 nitrogen and oxygen atoms in total. The van der Waals surface area contributed by atoms with E-state index in [2.05, 4.69) is 4.98 Å². The molecule has 0 saturated carbocycles. The van der Waals surface area contributed by atoms with Crippen LogP contribution < -0.4 is 0 Å². The van der Waals surface area contributed by atoms with E-state index in [9.17, 15) is 14.4 Å². The molecule has 0 N–H and O–H groups in total. The molecule has 23 heavy (non-hydrogen) atoms. The number of aromatic nitrogens is 1. The fourth-order valence-corrected chi connectivity index (χ4v) is 2.49. The van der Waals surface area contributed by atoms with Crippen LogP contribution in [-0.4, -0.2) is 46.1 Å². The highest BCUT2D eigenvalue weighted by Crippen LogP contribution is 2.22. The van der Waals surface area contributed by atoms with E-state index in [0.717, 1.165) is 10.5 Å². The van der Waals surface area contributed by atoms with E-state index in [1.54, 1.807) is 49.8 Å². The van der Waals surface area contributed by atoms with Gasteiger partial charge in [0.2, 0.25) is 5.91 Å². The molecule has 1 aromatic heterocycles. The summed E-state index contributed by atoms with van der Waals surface area (Å²) < 4.78 is 0. The highest BCUT2D eigenvalue weighted by Gasteiger charge is 2.36. The summed E-state index contributed by atoms with van der Waals surface area (Å²) in [6, 6.07) is 10.2. The standard InChI is InChI=1S/C17H15N3O3/c1-19(10-12-5-4-8-18-9-12)15(21)11-20-16(22)13-6-2-3-7-14(13)17(20)23/h2-9H,10-11H2,1H3. The smallest absolute Gasteiger partial charge is 0.262 e. The third-order valence-electron chi connectivity index (χ3n) is 3.74. The van der Waals surface area contributed by atoms with Crippen LogP contribution in [-0.2, 0) is 11.3 Å². The van der Waals surface area contributed by atoms with Gasteiger partial charge in [0, 0.05) is 26.0 Å². The molecule has 0 unspecified atom stereocenters. The lowest BCUT2D eigenvalue weighted by Gasteiger charge is -2.20. The van der Waals surface area contributed by atoms with Crippen molar-refractivity contribution in [2.45, 2.75) is 6.54 Å². The Morgan fingerprint density at radius 3 is 2.30 bits per heavy atom. The Bertz CT molecular complexity index is 739. The van der Waals surface area contributed by atoms with E-state index in [1.807, 2.05) is 6.07 Å². The van der Waals surface area contributed by atoms with Gasteiger partial charge < -0.3 is 4.90 Å². The molecule has 0 aliphatic carbocycles. The molecule has 0 saturated heterocycles. The minimum atomic E-state index is -0.422. The lowest BCUT2D eigenvalue weighted by atomic mass is 10.1. The van der Waals surface area contributed by atoms with E-state index in [0.29, 0.717) is 17.7 Å². The topological polar surface area (TPSA) is 70.6 Å². The SMILES string of the molecule is CN(Cc1cccnc1)C(=O)CN1C(=O)c2ccccc2C1=O. The fourth-order valence-electron chi connectivity index (χ4n) is 2.49. The third-order valence-corrected chi connectivity index (χ3v) is 3.74. The van der Waals surface area contributed by atoms with E-state index in [4.69, 9.17) is 0 Å². The summed E-state index contributed by atoms with van der Waals surface area (Å²) >= 11 is 0. The molecule has 0 spiro atoms. The normalized spacial score (nSPS) is 13.2. The summed E-state index contributed by atoms with van der Waals surface area (Å²) in [5.41, 5.74) is 1.58. The van der Waals surface area contributed by atoms with Gasteiger partial charge in [-0.2, -0.15) is 0 Å². The number of likely N-dealkylation sites (N-methyl/N-ethyl adjacent to an activating group) is 1. The molecule has 0 fully saturated rings. The summed E-state index contributed by atoms with van der Waals surface area (Å²) in [6.07, 6.45) is 3.33. The van der Waals surface area contributed by atoms with Crippen LogP contribution in [0.2, 0.25) is 0 Å². The van der Waals surface area contributed by atoms with Crippen molar-refractivity contribution >= 4 is 17.7 Å². The Balaban J connectivity index is 1.69. The first-order valence-corrected chi connectivity index (χ1v) is 7.16. The number of hydrogen-bond acceptors (Lipinski definition) is 4. The van der Waals surface area contributed by atoms with Crippen LogP contribution in [0.3, 0.4) is 0 Å². The van der Waals surface area contributed by atoms with Crippen molar-refractivity contribution in [3.05, 3.63) is 65.5 Å². The number of hydrogen-bond donors (Lipinski definition) is 0. The van der Waals surface area contributed by atoms with Crippen LogP contribution in [0, 0.1) is 0 Å². The second-order valence-electron chi connectivity index (χ2n) is 5.35. The Hall–Kier alpha value is -3.02. The average Bonchev–Trinajstić information content (AvgIpc) is 2.81. The molecule has 0 bridgehead atoms. The van der Waals surface area contributed by atoms with Gasteiger partial charge in [0.1, 0.15) is 6.54 Å². The van der Waals surface area contributed by atoms with Crippen LogP contribution in [0.15, 0.2) is 48.8 Å². The van der Waals surface area contributed by atoms with Gasteiger partial charge in [-0.3, -0.25) is 24.3 Å². The van der Waals surface area contributed by atoms with Crippen molar-refractivity contribution in [3.8, 4) is 0 Å². The van der Waals surface area contributed by atoms with Crippen molar-refractivity contribution in [2.75, 3.05) is 13.6 Å². The van der Waals surface area contributed by atoms with Gasteiger partial charge in [-0.15, -0.1) is 0 Å². The van der Waals surface area contributed by atoms with Gasteiger partial charge in [-0.05, 0) is 23.8 Å². The number of carbonyl (C=O) groups is 3. The largest absolute Gasteiger partial charge is 0.340 e. The maximum Gasteiger partial charge on any atom is 0.262 e. The summed E-state index contributed by atoms with van der Waals surface area (Å²) in [6.45, 7) is 0.110. The first kappa shape index (κ1) is 14.9. The number of benzene rings is 1. The first-order valence-electron chi connectivity index (χ1n) is 7.16. The molecule has 1 aromatic carbocycles. The molecule has 2 aromatic rings. The van der Waals surface area contributed by atoms with E-state index in [-0.39, 0.29) is 12.5 Å². The predicted octanol–water partition coefficient (Wildman–Crippen LogP) is 1.34. The number of imide groups is 1. The summed E-state index contributed by atoms with van der Waals surface area (Å²) in [4.78, 5) is 43.3. The highest BCUT2D eigenvalue weighted by molar-refractivity contribution is 6.22. The lowest BCUT2D eigenvalue weighted by Crippen LogP contribution is -2.40. The average molecular weight is 309 g/mol. The fraction of sp³-hybridized carbons (Fsp3) is 0.176. The van der Waals surface area contributed by atoms with Gasteiger partial charge >= 0.3 is 0 Å². The molecule has 1 aliphatic heterocycles. The second kappa shape index (κ2) is 6.00. The molecular weight excluding hydrogens is 294 g/mol. The number of fused-ring (bicyclic) bond motifs is 1. The highest BCUT2D eigenvalue weighted by atomic mass is 16.2. The number of pyridine rings is 1. The molecule has 3 rings (SSSR count). The van der Waals surface area contributed by atoms with Crippen molar-refractivity contribution in [1.29, 1.82) is 0 Å². The molecule has 0 radical (unpaired) electrons. The van der Waals surface area contributed by atoms with Crippen LogP contribution in [0.25, 0.3) is 0 Å². The summed E-state index contributed by atoms with van der Waals surface area (Å²) in [5, 5.41) is 0. The van der Waals surface area contributed by atoms with Crippen molar-refractivity contribution in [3.63, 3.8) is 0 Å². The zero-order chi connectivity index (χ0) is 16.4. The maximum absolute atomic E-state index is 12.3. The number of amides is 3. The zero-order valence-electron chi connectivity index (χ0n) is 12.6. The number of nitrogens with zero attached hydrogens (tertiary/aromatic N) is 3. The minimum absolute atomic E-state index is 0.261. The Kier molecular flexibility index (Phi) is 3.89. The van der Waals surface area contributed by atoms with Crippen LogP contribution in [0.5, 0.6) is 0 Å². The van der Waals surface area contributed by atoms with Crippen molar-refractivity contribution in [1.82, 2.24) is 14.8 Å². The Labute approximate surface area is 133 Å². The molecule has 2 heterocycles. The minimum Gasteiger partial charge on any atom is -0.340 e. The van der Waals surface area contributed by atoms with Gasteiger partial charge in [0.15, 0.2) is 0 Å². The molecule has 6 heteroatoms. The Morgan fingerprint density at radius 2 is 1.74 bits per heavy atom. The molecular formula is C17H15N3O3. The van der Waals surface area contributed by atoms with Crippen LogP contribution >= 0.6 is 0 Å². The molecule has 116 valence electrons. The van der Waals surface area contributed by atoms with Gasteiger partial charge in [0.25, 0.3) is 11.8 Å². The predicted molar refractivity (Wildman–Crippen MR) is 82.5 cm³/mol. The van der Waals surface area contributed by atoms with E-state index in [1.165, 1.54) is 4.90 Å². The second-order valence-corrected chi connectivity index (χ2v) is 5.35. The monoisotopic (exact) mass is 309 g/mol. The van der Waals surface area contributed by atoms with Crippen LogP contribution in [0.4, 0.5) is 0 Å². The van der Waals surface area contributed by atoms with Gasteiger partial charge in [0.05, 0.1) is 11.1 Å². The Morgan fingerprint density at radius 1 is 1.09 bits per heavy atom. The van der Waals surface area contributed by atoms with Crippen molar-refractivity contribution < 1.29 is 14.4 Å². The molecule has 1 aliphatic rings. The summed E-state index contributed by atoms with van der Waals surface area (Å²) in [5.74, 6) is -1.15. The quantitative estimate of drug-likeness (QED) is 0.799. The number of carbonyl (C=O) groups excluding carboxylic acids is 3. The number of rotatable bonds is 4. The molecule has 3 amide bonds. The van der Waals surface area contributed by atoms with E-state index >= 15 is 0 Å². The third kappa shape index (κ3) is 2.83. The van der Waals surface area contributed by atoms with Gasteiger partial charge in [-0.1, -0.05) is 18.2 Å². The lowest BCUT2D eigenvalue weighted by molar-refractivity contribution is -0.130. The van der Waals surface area contributed by atoms with E-state index < -0.39 is 11.8 Å². The molecule has 0 atom stereocenters. The maximum atomic E-state index is 12.3. The first-order chi connectivity index (χ1) is 11.1. The van der Waals surface area contributed by atoms with Crippen LogP contribution in [0.1, 0.15) is 26.3 Å². The zero-order valence-corrected chi connectivity index (χ0v) is 12.6. The van der Waals surface area contributed by atoms with Crippen molar-refractivity contribution in [2.24, 2.45) is 0 Å². The van der Waals surface area contributed by atoms with Gasteiger partial charge in [-0.25, -0.2) is 0 Å². The summed E-state index contributed by atoms with van der Waals surface area (Å²) in [7, 11) is 1.63.